The zero-order valence-electron chi connectivity index (χ0n) is 21.9. The monoisotopic (exact) mass is 485 g/mol. The van der Waals surface area contributed by atoms with Gasteiger partial charge in [-0.15, -0.1) is 0 Å². The van der Waals surface area contributed by atoms with E-state index in [0.29, 0.717) is 17.9 Å². The molecule has 36 heavy (non-hydrogen) atoms. The molecule has 2 aromatic carbocycles. The standard InChI is InChI=1S/C29H35N5O2/c1-20-7-8-27(36-12-11-32(3)4)16-28(20)29(35)31-21(2)23-13-24(22-9-10-33(5)18-22)15-25(14-23)26-17-30-34(6)19-26/h7-10,13-19,21H,11-12H2,1-6H3,(H,31,35)/t21-/m1/s1. The van der Waals surface area contributed by atoms with E-state index in [4.69, 9.17) is 4.74 Å². The van der Waals surface area contributed by atoms with Gasteiger partial charge in [-0.3, -0.25) is 9.48 Å². The van der Waals surface area contributed by atoms with Crippen LogP contribution in [0.15, 0.2) is 67.3 Å². The molecule has 0 saturated heterocycles. The number of hydrogen-bond donors (Lipinski definition) is 1. The lowest BCUT2D eigenvalue weighted by Crippen LogP contribution is -2.27. The lowest BCUT2D eigenvalue weighted by molar-refractivity contribution is 0.0938. The van der Waals surface area contributed by atoms with E-state index in [0.717, 1.165) is 39.9 Å². The molecule has 0 radical (unpaired) electrons. The number of aromatic nitrogens is 3. The first-order valence-electron chi connectivity index (χ1n) is 12.1. The molecular formula is C29H35N5O2. The fraction of sp³-hybridized carbons (Fsp3) is 0.310. The Kier molecular flexibility index (Phi) is 7.60. The Bertz CT molecular complexity index is 1290. The predicted octanol–water partition coefficient (Wildman–Crippen LogP) is 4.83. The van der Waals surface area contributed by atoms with E-state index in [1.807, 2.05) is 83.4 Å². The number of hydrogen-bond acceptors (Lipinski definition) is 4. The van der Waals surface area contributed by atoms with E-state index >= 15 is 0 Å². The number of ether oxygens (including phenoxy) is 1. The number of nitrogens with zero attached hydrogens (tertiary/aromatic N) is 4. The Hall–Kier alpha value is -3.84. The van der Waals surface area contributed by atoms with E-state index in [1.165, 1.54) is 0 Å². The zero-order valence-corrected chi connectivity index (χ0v) is 21.9. The molecule has 0 spiro atoms. The minimum absolute atomic E-state index is 0.119. The van der Waals surface area contributed by atoms with Crippen LogP contribution in [0.4, 0.5) is 0 Å². The number of nitrogens with one attached hydrogen (secondary N) is 1. The molecule has 2 aromatic heterocycles. The zero-order chi connectivity index (χ0) is 25.8. The van der Waals surface area contributed by atoms with Crippen molar-refractivity contribution in [1.29, 1.82) is 0 Å². The van der Waals surface area contributed by atoms with Gasteiger partial charge in [-0.05, 0) is 92.2 Å². The van der Waals surface area contributed by atoms with Crippen molar-refractivity contribution < 1.29 is 9.53 Å². The smallest absolute Gasteiger partial charge is 0.252 e. The summed E-state index contributed by atoms with van der Waals surface area (Å²) in [7, 11) is 7.93. The molecule has 0 aliphatic carbocycles. The average molecular weight is 486 g/mol. The van der Waals surface area contributed by atoms with E-state index in [1.54, 1.807) is 4.68 Å². The van der Waals surface area contributed by atoms with Gasteiger partial charge in [-0.25, -0.2) is 0 Å². The number of carbonyl (C=O) groups is 1. The van der Waals surface area contributed by atoms with Gasteiger partial charge in [-0.1, -0.05) is 6.07 Å². The summed E-state index contributed by atoms with van der Waals surface area (Å²) in [5.74, 6) is 0.580. The number of benzene rings is 2. The van der Waals surface area contributed by atoms with Crippen LogP contribution in [-0.2, 0) is 14.1 Å². The van der Waals surface area contributed by atoms with Crippen LogP contribution in [0.25, 0.3) is 22.3 Å². The maximum Gasteiger partial charge on any atom is 0.252 e. The second kappa shape index (κ2) is 10.8. The molecule has 1 amide bonds. The van der Waals surface area contributed by atoms with Crippen molar-refractivity contribution in [3.05, 3.63) is 83.9 Å². The molecule has 1 N–H and O–H groups in total. The molecule has 4 rings (SSSR count). The third-order valence-corrected chi connectivity index (χ3v) is 6.27. The van der Waals surface area contributed by atoms with E-state index in [9.17, 15) is 4.79 Å². The molecule has 7 heteroatoms. The highest BCUT2D eigenvalue weighted by atomic mass is 16.5. The van der Waals surface area contributed by atoms with E-state index < -0.39 is 0 Å². The molecule has 0 bridgehead atoms. The van der Waals surface area contributed by atoms with Crippen LogP contribution in [0, 0.1) is 6.92 Å². The normalized spacial score (nSPS) is 12.1. The second-order valence-corrected chi connectivity index (χ2v) is 9.64. The molecule has 7 nitrogen and oxygen atoms in total. The van der Waals surface area contributed by atoms with Gasteiger partial charge in [0.1, 0.15) is 12.4 Å². The van der Waals surface area contributed by atoms with Crippen LogP contribution < -0.4 is 10.1 Å². The Balaban J connectivity index is 1.60. The fourth-order valence-corrected chi connectivity index (χ4v) is 4.12. The highest BCUT2D eigenvalue weighted by molar-refractivity contribution is 5.96. The van der Waals surface area contributed by atoms with Gasteiger partial charge in [0, 0.05) is 50.4 Å². The summed E-state index contributed by atoms with van der Waals surface area (Å²) in [5, 5.41) is 7.53. The van der Waals surface area contributed by atoms with Crippen molar-refractivity contribution in [2.75, 3.05) is 27.2 Å². The van der Waals surface area contributed by atoms with Crippen molar-refractivity contribution in [2.24, 2.45) is 14.1 Å². The summed E-state index contributed by atoms with van der Waals surface area (Å²) in [5.41, 5.74) is 6.88. The predicted molar refractivity (Wildman–Crippen MR) is 144 cm³/mol. The van der Waals surface area contributed by atoms with Crippen molar-refractivity contribution >= 4 is 5.91 Å². The number of likely N-dealkylation sites (N-methyl/N-ethyl adjacent to an activating group) is 1. The van der Waals surface area contributed by atoms with Crippen molar-refractivity contribution in [1.82, 2.24) is 24.6 Å². The summed E-state index contributed by atoms with van der Waals surface area (Å²) < 4.78 is 9.69. The number of rotatable bonds is 9. The van der Waals surface area contributed by atoms with Crippen LogP contribution in [0.3, 0.4) is 0 Å². The minimum Gasteiger partial charge on any atom is -0.492 e. The first-order chi connectivity index (χ1) is 17.2. The first kappa shape index (κ1) is 25.3. The highest BCUT2D eigenvalue weighted by Gasteiger charge is 2.17. The molecule has 0 saturated carbocycles. The summed E-state index contributed by atoms with van der Waals surface area (Å²) in [6.45, 7) is 5.34. The van der Waals surface area contributed by atoms with Crippen LogP contribution in [-0.4, -0.2) is 52.4 Å². The van der Waals surface area contributed by atoms with E-state index in [2.05, 4.69) is 45.8 Å². The van der Waals surface area contributed by atoms with Crippen LogP contribution in [0.5, 0.6) is 5.75 Å². The molecule has 0 aliphatic heterocycles. The molecular weight excluding hydrogens is 450 g/mol. The molecule has 0 fully saturated rings. The van der Waals surface area contributed by atoms with Gasteiger partial charge < -0.3 is 19.5 Å². The number of aryl methyl sites for hydroxylation is 3. The summed E-state index contributed by atoms with van der Waals surface area (Å²) in [4.78, 5) is 15.4. The molecule has 0 aliphatic rings. The average Bonchev–Trinajstić information content (AvgIpc) is 3.47. The third kappa shape index (κ3) is 6.04. The van der Waals surface area contributed by atoms with Gasteiger partial charge in [0.05, 0.1) is 12.2 Å². The molecule has 188 valence electrons. The van der Waals surface area contributed by atoms with Crippen LogP contribution >= 0.6 is 0 Å². The Labute approximate surface area is 213 Å². The summed E-state index contributed by atoms with van der Waals surface area (Å²) in [6, 6.07) is 14.0. The molecule has 4 aromatic rings. The second-order valence-electron chi connectivity index (χ2n) is 9.64. The topological polar surface area (TPSA) is 64.3 Å². The van der Waals surface area contributed by atoms with Crippen molar-refractivity contribution in [2.45, 2.75) is 19.9 Å². The van der Waals surface area contributed by atoms with Gasteiger partial charge in [-0.2, -0.15) is 5.10 Å². The quantitative estimate of drug-likeness (QED) is 0.369. The lowest BCUT2D eigenvalue weighted by atomic mass is 9.95. The lowest BCUT2D eigenvalue weighted by Gasteiger charge is -2.18. The largest absolute Gasteiger partial charge is 0.492 e. The van der Waals surface area contributed by atoms with Gasteiger partial charge in [0.2, 0.25) is 0 Å². The number of carbonyl (C=O) groups excluding carboxylic acids is 1. The van der Waals surface area contributed by atoms with Crippen molar-refractivity contribution in [3.8, 4) is 28.0 Å². The van der Waals surface area contributed by atoms with E-state index in [-0.39, 0.29) is 11.9 Å². The fourth-order valence-electron chi connectivity index (χ4n) is 4.12. The Morgan fingerprint density at radius 2 is 1.78 bits per heavy atom. The highest BCUT2D eigenvalue weighted by Crippen LogP contribution is 2.31. The van der Waals surface area contributed by atoms with Crippen LogP contribution in [0.2, 0.25) is 0 Å². The molecule has 1 atom stereocenters. The Morgan fingerprint density at radius 1 is 1.03 bits per heavy atom. The first-order valence-corrected chi connectivity index (χ1v) is 12.1. The van der Waals surface area contributed by atoms with Gasteiger partial charge >= 0.3 is 0 Å². The maximum atomic E-state index is 13.3. The third-order valence-electron chi connectivity index (χ3n) is 6.27. The van der Waals surface area contributed by atoms with Crippen LogP contribution in [0.1, 0.15) is 34.5 Å². The number of amides is 1. The van der Waals surface area contributed by atoms with Crippen molar-refractivity contribution in [3.63, 3.8) is 0 Å². The summed E-state index contributed by atoms with van der Waals surface area (Å²) >= 11 is 0. The minimum atomic E-state index is -0.200. The SMILES string of the molecule is Cc1ccc(OCCN(C)C)cc1C(=O)N[C@H](C)c1cc(-c2ccn(C)c2)cc(-c2cnn(C)c2)c1. The maximum absolute atomic E-state index is 13.3. The molecule has 2 heterocycles. The summed E-state index contributed by atoms with van der Waals surface area (Å²) in [6.07, 6.45) is 8.00. The van der Waals surface area contributed by atoms with Gasteiger partial charge in [0.15, 0.2) is 0 Å². The molecule has 0 unspecified atom stereocenters. The Morgan fingerprint density at radius 3 is 2.42 bits per heavy atom. The van der Waals surface area contributed by atoms with Gasteiger partial charge in [0.25, 0.3) is 5.91 Å².